The molecule has 0 aliphatic rings. The molecule has 0 unspecified atom stereocenters. The van der Waals surface area contributed by atoms with Crippen molar-refractivity contribution in [3.05, 3.63) is 35.6 Å². The van der Waals surface area contributed by atoms with Gasteiger partial charge in [-0.1, -0.05) is 16.0 Å². The highest BCUT2D eigenvalue weighted by Gasteiger charge is 2.15. The first-order valence-electron chi connectivity index (χ1n) is 3.80. The van der Waals surface area contributed by atoms with E-state index < -0.39 is 16.2 Å². The van der Waals surface area contributed by atoms with Gasteiger partial charge < -0.3 is 0 Å². The molecule has 0 spiro atoms. The number of nitrogens with zero attached hydrogens (tertiary/aromatic N) is 1. The number of hydrogen-bond acceptors (Lipinski definition) is 2. The molecule has 1 rings (SSSR count). The van der Waals surface area contributed by atoms with Crippen LogP contribution in [0.25, 0.3) is 0 Å². The summed E-state index contributed by atoms with van der Waals surface area (Å²) in [7, 11) is -3.62. The van der Waals surface area contributed by atoms with Crippen LogP contribution in [-0.2, 0) is 17.0 Å². The molecule has 0 N–H and O–H groups in total. The first kappa shape index (κ1) is 11.1. The summed E-state index contributed by atoms with van der Waals surface area (Å²) in [5.41, 5.74) is 0.397. The molecule has 0 fully saturated rings. The van der Waals surface area contributed by atoms with Crippen LogP contribution in [-0.4, -0.2) is 19.8 Å². The molecule has 1 aromatic carbocycles. The molecular weight excluding hydrogens is 212 g/mol. The van der Waals surface area contributed by atoms with Gasteiger partial charge in [0.15, 0.2) is 0 Å². The predicted molar refractivity (Wildman–Crippen MR) is 47.9 cm³/mol. The van der Waals surface area contributed by atoms with E-state index in [1.165, 1.54) is 18.2 Å². The highest BCUT2D eigenvalue weighted by atomic mass is 32.3. The van der Waals surface area contributed by atoms with Gasteiger partial charge in [-0.3, -0.25) is 0 Å². The second kappa shape index (κ2) is 4.02. The smallest absolute Gasteiger partial charge is 0.207 e. The normalized spacial score (nSPS) is 12.0. The van der Waals surface area contributed by atoms with Gasteiger partial charge >= 0.3 is 10.4 Å². The van der Waals surface area contributed by atoms with Crippen molar-refractivity contribution in [1.29, 1.82) is 0 Å². The topological polar surface area (TPSA) is 37.4 Å². The molecule has 0 bridgehead atoms. The minimum absolute atomic E-state index is 0.184. The van der Waals surface area contributed by atoms with Gasteiger partial charge in [-0.2, -0.15) is 12.7 Å². The minimum Gasteiger partial charge on any atom is -0.207 e. The van der Waals surface area contributed by atoms with E-state index in [-0.39, 0.29) is 6.54 Å². The Morgan fingerprint density at radius 1 is 1.43 bits per heavy atom. The Hall–Kier alpha value is -1.01. The molecule has 6 heteroatoms. The first-order chi connectivity index (χ1) is 6.39. The van der Waals surface area contributed by atoms with Crippen LogP contribution >= 0.6 is 0 Å². The molecule has 0 atom stereocenters. The molecule has 3 nitrogen and oxygen atoms in total. The summed E-state index contributed by atoms with van der Waals surface area (Å²) in [4.78, 5) is 0. The molecule has 14 heavy (non-hydrogen) atoms. The molecule has 1 aromatic rings. The summed E-state index contributed by atoms with van der Waals surface area (Å²) in [6, 6.07) is 5.34. The summed E-state index contributed by atoms with van der Waals surface area (Å²) in [5, 5.41) is 0. The van der Waals surface area contributed by atoms with E-state index in [1.54, 1.807) is 0 Å². The molecular formula is C8H9F2NO2S. The Balaban J connectivity index is 2.80. The van der Waals surface area contributed by atoms with E-state index >= 15 is 0 Å². The van der Waals surface area contributed by atoms with Crippen LogP contribution in [0.2, 0.25) is 0 Å². The average Bonchev–Trinajstić information content (AvgIpc) is 2.02. The van der Waals surface area contributed by atoms with E-state index in [0.717, 1.165) is 13.1 Å². The number of rotatable bonds is 3. The molecule has 0 aromatic heterocycles. The van der Waals surface area contributed by atoms with Crippen LogP contribution in [0.5, 0.6) is 0 Å². The van der Waals surface area contributed by atoms with E-state index in [2.05, 4.69) is 0 Å². The van der Waals surface area contributed by atoms with Gasteiger partial charge in [-0.05, 0) is 17.7 Å². The minimum atomic E-state index is -4.70. The molecule has 0 heterocycles. The van der Waals surface area contributed by atoms with Gasteiger partial charge in [0, 0.05) is 13.6 Å². The second-order valence-corrected chi connectivity index (χ2v) is 4.28. The molecule has 0 saturated carbocycles. The van der Waals surface area contributed by atoms with Crippen molar-refractivity contribution in [3.63, 3.8) is 0 Å². The third kappa shape index (κ3) is 3.04. The third-order valence-corrected chi connectivity index (χ3v) is 2.54. The van der Waals surface area contributed by atoms with Gasteiger partial charge in [0.05, 0.1) is 0 Å². The van der Waals surface area contributed by atoms with Crippen LogP contribution < -0.4 is 0 Å². The maximum atomic E-state index is 12.7. The summed E-state index contributed by atoms with van der Waals surface area (Å²) in [6.45, 7) is -0.184. The molecule has 0 aliphatic carbocycles. The van der Waals surface area contributed by atoms with Crippen LogP contribution in [0.4, 0.5) is 8.28 Å². The van der Waals surface area contributed by atoms with Crippen LogP contribution in [0.3, 0.4) is 0 Å². The zero-order valence-electron chi connectivity index (χ0n) is 7.44. The quantitative estimate of drug-likeness (QED) is 0.725. The Morgan fingerprint density at radius 3 is 2.57 bits per heavy atom. The van der Waals surface area contributed by atoms with Crippen molar-refractivity contribution in [3.8, 4) is 0 Å². The average molecular weight is 221 g/mol. The lowest BCUT2D eigenvalue weighted by Crippen LogP contribution is -2.22. The lowest BCUT2D eigenvalue weighted by atomic mass is 10.2. The van der Waals surface area contributed by atoms with Gasteiger partial charge in [0.25, 0.3) is 0 Å². The monoisotopic (exact) mass is 221 g/mol. The standard InChI is InChI=1S/C8H9F2NO2S/c1-11(14(10,12)13)6-7-3-2-4-8(9)5-7/h2-5H,6H2,1H3. The lowest BCUT2D eigenvalue weighted by Gasteiger charge is -2.10. The SMILES string of the molecule is CN(Cc1cccc(F)c1)S(=O)(=O)F. The molecule has 0 saturated heterocycles. The van der Waals surface area contributed by atoms with Crippen molar-refractivity contribution >= 4 is 10.4 Å². The zero-order chi connectivity index (χ0) is 10.8. The lowest BCUT2D eigenvalue weighted by molar-refractivity contribution is 0.428. The van der Waals surface area contributed by atoms with Crippen LogP contribution in [0, 0.1) is 5.82 Å². The van der Waals surface area contributed by atoms with Gasteiger partial charge in [0.1, 0.15) is 5.82 Å². The van der Waals surface area contributed by atoms with Crippen molar-refractivity contribution < 1.29 is 16.7 Å². The van der Waals surface area contributed by atoms with Crippen molar-refractivity contribution in [2.75, 3.05) is 7.05 Å². The van der Waals surface area contributed by atoms with Crippen LogP contribution in [0.1, 0.15) is 5.56 Å². The van der Waals surface area contributed by atoms with Gasteiger partial charge in [-0.25, -0.2) is 4.39 Å². The summed E-state index contributed by atoms with van der Waals surface area (Å²) in [5.74, 6) is -0.479. The highest BCUT2D eigenvalue weighted by molar-refractivity contribution is 7.83. The summed E-state index contributed by atoms with van der Waals surface area (Å²) in [6.07, 6.45) is 0. The maximum Gasteiger partial charge on any atom is 0.374 e. The molecule has 0 radical (unpaired) electrons. The van der Waals surface area contributed by atoms with E-state index in [9.17, 15) is 16.7 Å². The molecule has 0 amide bonds. The summed E-state index contributed by atoms with van der Waals surface area (Å²) < 4.78 is 46.3. The van der Waals surface area contributed by atoms with Crippen molar-refractivity contribution in [2.45, 2.75) is 6.54 Å². The highest BCUT2D eigenvalue weighted by Crippen LogP contribution is 2.09. The van der Waals surface area contributed by atoms with Gasteiger partial charge in [0.2, 0.25) is 0 Å². The Kier molecular flexibility index (Phi) is 3.17. The van der Waals surface area contributed by atoms with E-state index in [0.29, 0.717) is 9.87 Å². The Labute approximate surface area is 81.3 Å². The van der Waals surface area contributed by atoms with Gasteiger partial charge in [-0.15, -0.1) is 0 Å². The number of benzene rings is 1. The second-order valence-electron chi connectivity index (χ2n) is 2.83. The molecule has 78 valence electrons. The fourth-order valence-electron chi connectivity index (χ4n) is 0.970. The molecule has 0 aliphatic heterocycles. The van der Waals surface area contributed by atoms with Crippen molar-refractivity contribution in [1.82, 2.24) is 4.31 Å². The largest absolute Gasteiger partial charge is 0.374 e. The predicted octanol–water partition coefficient (Wildman–Crippen LogP) is 1.47. The zero-order valence-corrected chi connectivity index (χ0v) is 8.26. The Bertz CT molecular complexity index is 419. The first-order valence-corrected chi connectivity index (χ1v) is 5.14. The van der Waals surface area contributed by atoms with E-state index in [4.69, 9.17) is 0 Å². The third-order valence-electron chi connectivity index (χ3n) is 1.67. The Morgan fingerprint density at radius 2 is 2.07 bits per heavy atom. The maximum absolute atomic E-state index is 12.7. The fraction of sp³-hybridized carbons (Fsp3) is 0.250. The number of hydrogen-bond donors (Lipinski definition) is 0. The fourth-order valence-corrected chi connectivity index (χ4v) is 1.27. The van der Waals surface area contributed by atoms with Crippen molar-refractivity contribution in [2.24, 2.45) is 0 Å². The number of halogens is 2. The summed E-state index contributed by atoms with van der Waals surface area (Å²) >= 11 is 0. The van der Waals surface area contributed by atoms with E-state index in [1.807, 2.05) is 0 Å². The van der Waals surface area contributed by atoms with Crippen LogP contribution in [0.15, 0.2) is 24.3 Å².